The van der Waals surface area contributed by atoms with Crippen LogP contribution in [0.2, 0.25) is 0 Å². The first-order chi connectivity index (χ1) is 11.7. The van der Waals surface area contributed by atoms with Gasteiger partial charge in [-0.2, -0.15) is 0 Å². The Kier molecular flexibility index (Phi) is 4.26. The summed E-state index contributed by atoms with van der Waals surface area (Å²) in [5.41, 5.74) is 7.26. The van der Waals surface area contributed by atoms with Crippen LogP contribution >= 0.6 is 0 Å². The van der Waals surface area contributed by atoms with Crippen LogP contribution in [0.25, 0.3) is 17.2 Å². The second-order valence-corrected chi connectivity index (χ2v) is 8.61. The van der Waals surface area contributed by atoms with E-state index < -0.39 is 0 Å². The minimum absolute atomic E-state index is 0.155. The van der Waals surface area contributed by atoms with Gasteiger partial charge in [0.1, 0.15) is 5.75 Å². The largest absolute Gasteiger partial charge is 0.506 e. The first-order valence-electron chi connectivity index (χ1n) is 9.13. The topological polar surface area (TPSA) is 33.1 Å². The van der Waals surface area contributed by atoms with Crippen molar-refractivity contribution in [2.75, 3.05) is 0 Å². The number of aryl methyl sites for hydroxylation is 1. The Balaban J connectivity index is 2.25. The predicted octanol–water partition coefficient (Wildman–Crippen LogP) is 6.14. The lowest BCUT2D eigenvalue weighted by Crippen LogP contribution is -2.34. The molecular weight excluding hydrogens is 306 g/mol. The average molecular weight is 335 g/mol. The first kappa shape index (κ1) is 17.7. The van der Waals surface area contributed by atoms with Crippen LogP contribution in [0.15, 0.2) is 30.5 Å². The van der Waals surface area contributed by atoms with E-state index in [4.69, 9.17) is 0 Å². The second kappa shape index (κ2) is 6.01. The maximum absolute atomic E-state index is 10.4. The first-order valence-corrected chi connectivity index (χ1v) is 9.13. The van der Waals surface area contributed by atoms with Gasteiger partial charge in [-0.15, -0.1) is 0 Å². The zero-order chi connectivity index (χ0) is 18.4. The Morgan fingerprint density at radius 1 is 0.960 bits per heavy atom. The van der Waals surface area contributed by atoms with Crippen molar-refractivity contribution in [3.8, 4) is 16.9 Å². The van der Waals surface area contributed by atoms with Crippen molar-refractivity contribution in [2.24, 2.45) is 0 Å². The van der Waals surface area contributed by atoms with Gasteiger partial charge in [-0.25, -0.2) is 0 Å². The minimum atomic E-state index is 0.155. The molecule has 1 aliphatic carbocycles. The molecule has 132 valence electrons. The zero-order valence-corrected chi connectivity index (χ0v) is 16.3. The quantitative estimate of drug-likeness (QED) is 0.714. The highest BCUT2D eigenvalue weighted by atomic mass is 16.3. The number of aromatic nitrogens is 1. The van der Waals surface area contributed by atoms with Crippen molar-refractivity contribution in [1.82, 2.24) is 4.98 Å². The number of fused-ring (bicyclic) bond motifs is 1. The lowest BCUT2D eigenvalue weighted by atomic mass is 9.62. The number of pyridine rings is 1. The fourth-order valence-electron chi connectivity index (χ4n) is 3.95. The smallest absolute Gasteiger partial charge is 0.141 e. The van der Waals surface area contributed by atoms with E-state index in [0.717, 1.165) is 16.8 Å². The lowest BCUT2D eigenvalue weighted by molar-refractivity contribution is 0.332. The van der Waals surface area contributed by atoms with Gasteiger partial charge in [-0.1, -0.05) is 39.8 Å². The van der Waals surface area contributed by atoms with E-state index in [0.29, 0.717) is 0 Å². The highest BCUT2D eigenvalue weighted by molar-refractivity contribution is 5.76. The summed E-state index contributed by atoms with van der Waals surface area (Å²) in [4.78, 5) is 4.29. The molecule has 2 aromatic rings. The van der Waals surface area contributed by atoms with E-state index in [1.54, 1.807) is 6.20 Å². The van der Waals surface area contributed by atoms with Crippen molar-refractivity contribution >= 4 is 6.08 Å². The molecule has 0 radical (unpaired) electrons. The van der Waals surface area contributed by atoms with Gasteiger partial charge in [0.2, 0.25) is 0 Å². The van der Waals surface area contributed by atoms with Crippen molar-refractivity contribution in [3.05, 3.63) is 52.9 Å². The fourth-order valence-corrected chi connectivity index (χ4v) is 3.95. The monoisotopic (exact) mass is 335 g/mol. The number of rotatable bonds is 2. The molecule has 3 rings (SSSR count). The number of hydrogen-bond donors (Lipinski definition) is 1. The summed E-state index contributed by atoms with van der Waals surface area (Å²) in [5, 5.41) is 10.4. The van der Waals surface area contributed by atoms with Gasteiger partial charge in [0.05, 0.1) is 11.9 Å². The molecule has 25 heavy (non-hydrogen) atoms. The zero-order valence-electron chi connectivity index (χ0n) is 16.3. The third-order valence-electron chi connectivity index (χ3n) is 5.73. The lowest BCUT2D eigenvalue weighted by Gasteiger charge is -2.42. The third-order valence-corrected chi connectivity index (χ3v) is 5.73. The molecule has 1 heterocycles. The molecule has 0 amide bonds. The van der Waals surface area contributed by atoms with Gasteiger partial charge in [0.25, 0.3) is 0 Å². The van der Waals surface area contributed by atoms with Crippen LogP contribution in [0.3, 0.4) is 0 Å². The average Bonchev–Trinajstić information content (AvgIpc) is 2.54. The molecule has 0 saturated heterocycles. The normalized spacial score (nSPS) is 18.3. The van der Waals surface area contributed by atoms with Gasteiger partial charge in [0.15, 0.2) is 0 Å². The highest BCUT2D eigenvalue weighted by Crippen LogP contribution is 2.48. The number of aromatic hydroxyl groups is 1. The maximum atomic E-state index is 10.4. The van der Waals surface area contributed by atoms with Gasteiger partial charge < -0.3 is 5.11 Å². The molecule has 2 nitrogen and oxygen atoms in total. The van der Waals surface area contributed by atoms with Gasteiger partial charge in [0, 0.05) is 5.56 Å². The van der Waals surface area contributed by atoms with Crippen molar-refractivity contribution < 1.29 is 5.11 Å². The number of nitrogens with zero attached hydrogens (tertiary/aromatic N) is 1. The van der Waals surface area contributed by atoms with Crippen LogP contribution in [0.5, 0.6) is 5.75 Å². The molecule has 0 spiro atoms. The fraction of sp³-hybridized carbons (Fsp3) is 0.435. The molecule has 0 bridgehead atoms. The Hall–Kier alpha value is -2.09. The molecule has 1 aromatic carbocycles. The molecule has 1 aliphatic rings. The highest BCUT2D eigenvalue weighted by Gasteiger charge is 2.37. The summed E-state index contributed by atoms with van der Waals surface area (Å²) >= 11 is 0. The molecule has 1 N–H and O–H groups in total. The van der Waals surface area contributed by atoms with E-state index in [1.807, 2.05) is 25.1 Å². The summed E-state index contributed by atoms with van der Waals surface area (Å²) in [5.74, 6) is 0.240. The number of benzene rings is 1. The molecule has 0 atom stereocenters. The van der Waals surface area contributed by atoms with Crippen molar-refractivity contribution in [2.45, 2.75) is 65.2 Å². The van der Waals surface area contributed by atoms with Gasteiger partial charge >= 0.3 is 0 Å². The van der Waals surface area contributed by atoms with E-state index >= 15 is 0 Å². The van der Waals surface area contributed by atoms with E-state index in [1.165, 1.54) is 29.5 Å². The third kappa shape index (κ3) is 3.10. The van der Waals surface area contributed by atoms with Crippen molar-refractivity contribution in [3.63, 3.8) is 0 Å². The van der Waals surface area contributed by atoms with E-state index in [9.17, 15) is 5.11 Å². The molecule has 1 aromatic heterocycles. The maximum Gasteiger partial charge on any atom is 0.141 e. The summed E-state index contributed by atoms with van der Waals surface area (Å²) < 4.78 is 0. The summed E-state index contributed by atoms with van der Waals surface area (Å²) in [6, 6.07) is 6.62. The van der Waals surface area contributed by atoms with E-state index in [2.05, 4.69) is 51.7 Å². The molecule has 0 fully saturated rings. The molecule has 0 saturated carbocycles. The summed E-state index contributed by atoms with van der Waals surface area (Å²) in [6.07, 6.45) is 7.87. The molecule has 2 heteroatoms. The van der Waals surface area contributed by atoms with Crippen LogP contribution in [-0.2, 0) is 10.8 Å². The summed E-state index contributed by atoms with van der Waals surface area (Å²) in [7, 11) is 0. The van der Waals surface area contributed by atoms with E-state index in [-0.39, 0.29) is 16.6 Å². The predicted molar refractivity (Wildman–Crippen MR) is 106 cm³/mol. The number of hydrogen-bond acceptors (Lipinski definition) is 2. The molecule has 0 aliphatic heterocycles. The van der Waals surface area contributed by atoms with Crippen LogP contribution in [0, 0.1) is 6.92 Å². The number of allylic oxidation sites excluding steroid dienone is 1. The SMILES string of the molecule is C/C=C/c1cc(-c2cc3c(cc2C)C(C)(C)CCC3(C)C)c(O)cn1. The van der Waals surface area contributed by atoms with Crippen LogP contribution in [-0.4, -0.2) is 10.1 Å². The molecular formula is C23H29NO. The van der Waals surface area contributed by atoms with Crippen LogP contribution in [0.4, 0.5) is 0 Å². The Morgan fingerprint density at radius 3 is 2.16 bits per heavy atom. The Labute approximate surface area is 151 Å². The minimum Gasteiger partial charge on any atom is -0.506 e. The molecule has 0 unspecified atom stereocenters. The van der Waals surface area contributed by atoms with Crippen LogP contribution in [0.1, 0.15) is 69.8 Å². The second-order valence-electron chi connectivity index (χ2n) is 8.61. The summed E-state index contributed by atoms with van der Waals surface area (Å²) in [6.45, 7) is 13.5. The Morgan fingerprint density at radius 2 is 1.56 bits per heavy atom. The van der Waals surface area contributed by atoms with Crippen molar-refractivity contribution in [1.29, 1.82) is 0 Å². The van der Waals surface area contributed by atoms with Gasteiger partial charge in [-0.3, -0.25) is 4.98 Å². The standard InChI is InChI=1S/C23H29NO/c1-7-8-16-12-18(21(25)14-24-16)17-13-20-19(11-15(17)2)22(3,4)9-10-23(20,5)6/h7-8,11-14,25H,9-10H2,1-6H3/b8-7+. The Bertz CT molecular complexity index is 843. The van der Waals surface area contributed by atoms with Gasteiger partial charge in [-0.05, 0) is 78.0 Å². The van der Waals surface area contributed by atoms with Crippen LogP contribution < -0.4 is 0 Å².